The quantitative estimate of drug-likeness (QED) is 0.446. The molecule has 0 radical (unpaired) electrons. The number of hydrogen-bond acceptors (Lipinski definition) is 3. The molecule has 4 heteroatoms. The molecule has 0 N–H and O–H groups in total. The van der Waals surface area contributed by atoms with Crippen LogP contribution in [0.4, 0.5) is 0 Å². The Morgan fingerprint density at radius 2 is 2.12 bits per heavy atom. The van der Waals surface area contributed by atoms with Crippen molar-refractivity contribution in [1.29, 1.82) is 0 Å². The van der Waals surface area contributed by atoms with Gasteiger partial charge in [-0.15, -0.1) is 6.58 Å². The van der Waals surface area contributed by atoms with Gasteiger partial charge in [0, 0.05) is 5.56 Å². The van der Waals surface area contributed by atoms with Gasteiger partial charge in [0.1, 0.15) is 6.73 Å². The summed E-state index contributed by atoms with van der Waals surface area (Å²) in [6.07, 6.45) is 1.83. The van der Waals surface area contributed by atoms with Crippen LogP contribution in [0.15, 0.2) is 36.9 Å². The molecule has 17 heavy (non-hydrogen) atoms. The topological polar surface area (TPSA) is 46.6 Å². The number of carbonyl (C=O) groups is 2. The van der Waals surface area contributed by atoms with Crippen LogP contribution in [0.25, 0.3) is 0 Å². The number of rotatable bonds is 4. The summed E-state index contributed by atoms with van der Waals surface area (Å²) in [6.45, 7) is 3.81. The molecule has 0 spiro atoms. The van der Waals surface area contributed by atoms with Crippen LogP contribution >= 0.6 is 0 Å². The van der Waals surface area contributed by atoms with E-state index in [-0.39, 0.29) is 25.0 Å². The molecule has 4 nitrogen and oxygen atoms in total. The minimum absolute atomic E-state index is 0.0159. The lowest BCUT2D eigenvalue weighted by Crippen LogP contribution is -2.43. The smallest absolute Gasteiger partial charge is 0.262 e. The van der Waals surface area contributed by atoms with Crippen molar-refractivity contribution in [3.8, 4) is 0 Å². The van der Waals surface area contributed by atoms with Gasteiger partial charge < -0.3 is 4.74 Å². The summed E-state index contributed by atoms with van der Waals surface area (Å²) in [5, 5.41) is 0. The molecule has 0 fully saturated rings. The molecule has 0 atom stereocenters. The van der Waals surface area contributed by atoms with Gasteiger partial charge in [0.25, 0.3) is 5.91 Å². The Bertz CT molecular complexity index is 467. The van der Waals surface area contributed by atoms with Crippen LogP contribution in [0, 0.1) is 0 Å². The minimum atomic E-state index is -0.291. The van der Waals surface area contributed by atoms with E-state index in [9.17, 15) is 9.59 Å². The van der Waals surface area contributed by atoms with Gasteiger partial charge >= 0.3 is 0 Å². The van der Waals surface area contributed by atoms with E-state index >= 15 is 0 Å². The Hall–Kier alpha value is -1.94. The van der Waals surface area contributed by atoms with Crippen molar-refractivity contribution < 1.29 is 14.3 Å². The van der Waals surface area contributed by atoms with Gasteiger partial charge in [-0.25, -0.2) is 0 Å². The summed E-state index contributed by atoms with van der Waals surface area (Å²) < 4.78 is 5.14. The first kappa shape index (κ1) is 11.5. The molecule has 1 aromatic carbocycles. The van der Waals surface area contributed by atoms with Crippen molar-refractivity contribution in [2.24, 2.45) is 0 Å². The lowest BCUT2D eigenvalue weighted by atomic mass is 9.99. The first-order valence-corrected chi connectivity index (χ1v) is 5.35. The standard InChI is InChI=1S/C13H13NO3/c1-2-7-17-9-14-12(15)8-10-5-3-4-6-11(10)13(14)16/h2-6H,1,7-9H2. The van der Waals surface area contributed by atoms with Crippen LogP contribution < -0.4 is 0 Å². The monoisotopic (exact) mass is 231 g/mol. The fourth-order valence-corrected chi connectivity index (χ4v) is 1.76. The van der Waals surface area contributed by atoms with Crippen LogP contribution in [0.2, 0.25) is 0 Å². The minimum Gasteiger partial charge on any atom is -0.356 e. The molecule has 0 saturated carbocycles. The zero-order valence-corrected chi connectivity index (χ0v) is 9.39. The molecule has 0 bridgehead atoms. The molecule has 1 heterocycles. The largest absolute Gasteiger partial charge is 0.356 e. The number of carbonyl (C=O) groups excluding carboxylic acids is 2. The van der Waals surface area contributed by atoms with Gasteiger partial charge in [-0.2, -0.15) is 0 Å². The van der Waals surface area contributed by atoms with Gasteiger partial charge in [-0.3, -0.25) is 14.5 Å². The third-order valence-electron chi connectivity index (χ3n) is 2.59. The molecule has 0 aromatic heterocycles. The van der Waals surface area contributed by atoms with Crippen LogP contribution in [0.5, 0.6) is 0 Å². The summed E-state index contributed by atoms with van der Waals surface area (Å²) in [7, 11) is 0. The number of hydrogen-bond donors (Lipinski definition) is 0. The maximum atomic E-state index is 12.0. The van der Waals surface area contributed by atoms with E-state index < -0.39 is 0 Å². The second kappa shape index (κ2) is 4.93. The van der Waals surface area contributed by atoms with E-state index in [1.165, 1.54) is 0 Å². The highest BCUT2D eigenvalue weighted by atomic mass is 16.5. The Morgan fingerprint density at radius 3 is 2.88 bits per heavy atom. The number of amides is 2. The summed E-state index contributed by atoms with van der Waals surface area (Å²) >= 11 is 0. The molecule has 2 rings (SSSR count). The second-order valence-electron chi connectivity index (χ2n) is 3.75. The molecule has 1 aliphatic heterocycles. The molecular formula is C13H13NO3. The molecular weight excluding hydrogens is 218 g/mol. The maximum absolute atomic E-state index is 12.0. The van der Waals surface area contributed by atoms with E-state index in [0.717, 1.165) is 10.5 Å². The van der Waals surface area contributed by atoms with Crippen LogP contribution in [0.3, 0.4) is 0 Å². The second-order valence-corrected chi connectivity index (χ2v) is 3.75. The third kappa shape index (κ3) is 2.26. The van der Waals surface area contributed by atoms with Gasteiger partial charge in [-0.05, 0) is 11.6 Å². The third-order valence-corrected chi connectivity index (χ3v) is 2.59. The Morgan fingerprint density at radius 1 is 1.35 bits per heavy atom. The van der Waals surface area contributed by atoms with Gasteiger partial charge in [0.05, 0.1) is 13.0 Å². The number of nitrogens with zero attached hydrogens (tertiary/aromatic N) is 1. The highest BCUT2D eigenvalue weighted by Crippen LogP contribution is 2.19. The molecule has 0 saturated heterocycles. The van der Waals surface area contributed by atoms with Crippen molar-refractivity contribution in [3.05, 3.63) is 48.0 Å². The highest BCUT2D eigenvalue weighted by Gasteiger charge is 2.30. The van der Waals surface area contributed by atoms with Crippen LogP contribution in [-0.2, 0) is 16.0 Å². The zero-order valence-electron chi connectivity index (χ0n) is 9.39. The highest BCUT2D eigenvalue weighted by molar-refractivity contribution is 6.09. The van der Waals surface area contributed by atoms with Crippen LogP contribution in [0.1, 0.15) is 15.9 Å². The molecule has 0 unspecified atom stereocenters. The van der Waals surface area contributed by atoms with E-state index in [2.05, 4.69) is 6.58 Å². The van der Waals surface area contributed by atoms with Crippen molar-refractivity contribution >= 4 is 11.8 Å². The summed E-state index contributed by atoms with van der Waals surface area (Å²) in [5.41, 5.74) is 1.36. The predicted octanol–water partition coefficient (Wildman–Crippen LogP) is 1.37. The normalized spacial score (nSPS) is 14.7. The zero-order chi connectivity index (χ0) is 12.3. The number of ether oxygens (including phenoxy) is 1. The molecule has 1 aliphatic rings. The fraction of sp³-hybridized carbons (Fsp3) is 0.231. The molecule has 0 aliphatic carbocycles. The van der Waals surface area contributed by atoms with Crippen molar-refractivity contribution in [3.63, 3.8) is 0 Å². The Balaban J connectivity index is 2.18. The van der Waals surface area contributed by atoms with E-state index in [1.807, 2.05) is 6.07 Å². The van der Waals surface area contributed by atoms with E-state index in [0.29, 0.717) is 12.2 Å². The van der Waals surface area contributed by atoms with E-state index in [1.54, 1.807) is 24.3 Å². The number of benzene rings is 1. The van der Waals surface area contributed by atoms with Crippen molar-refractivity contribution in [2.45, 2.75) is 6.42 Å². The molecule has 88 valence electrons. The molecule has 2 amide bonds. The van der Waals surface area contributed by atoms with Crippen molar-refractivity contribution in [2.75, 3.05) is 13.3 Å². The summed E-state index contributed by atoms with van der Waals surface area (Å²) in [4.78, 5) is 24.9. The Labute approximate surface area is 99.5 Å². The first-order chi connectivity index (χ1) is 8.24. The van der Waals surface area contributed by atoms with Gasteiger partial charge in [0.15, 0.2) is 0 Å². The van der Waals surface area contributed by atoms with Crippen LogP contribution in [-0.4, -0.2) is 30.1 Å². The average molecular weight is 231 g/mol. The molecule has 1 aromatic rings. The SMILES string of the molecule is C=CCOCN1C(=O)Cc2ccccc2C1=O. The first-order valence-electron chi connectivity index (χ1n) is 5.35. The Kier molecular flexibility index (Phi) is 3.35. The van der Waals surface area contributed by atoms with E-state index in [4.69, 9.17) is 4.74 Å². The lowest BCUT2D eigenvalue weighted by Gasteiger charge is -2.26. The fourth-order valence-electron chi connectivity index (χ4n) is 1.76. The number of fused-ring (bicyclic) bond motifs is 1. The maximum Gasteiger partial charge on any atom is 0.262 e. The van der Waals surface area contributed by atoms with Gasteiger partial charge in [0.2, 0.25) is 5.91 Å². The van der Waals surface area contributed by atoms with Gasteiger partial charge in [-0.1, -0.05) is 24.3 Å². The summed E-state index contributed by atoms with van der Waals surface area (Å²) in [5.74, 6) is -0.515. The summed E-state index contributed by atoms with van der Waals surface area (Å²) in [6, 6.07) is 7.14. The lowest BCUT2D eigenvalue weighted by molar-refractivity contribution is -0.132. The number of imide groups is 1. The van der Waals surface area contributed by atoms with Crippen molar-refractivity contribution in [1.82, 2.24) is 4.90 Å². The average Bonchev–Trinajstić information content (AvgIpc) is 2.33. The predicted molar refractivity (Wildman–Crippen MR) is 62.3 cm³/mol.